The first-order valence-electron chi connectivity index (χ1n) is 5.39. The van der Waals surface area contributed by atoms with Gasteiger partial charge in [0.1, 0.15) is 11.8 Å². The zero-order chi connectivity index (χ0) is 12.4. The summed E-state index contributed by atoms with van der Waals surface area (Å²) < 4.78 is 2.80. The van der Waals surface area contributed by atoms with Gasteiger partial charge in [-0.1, -0.05) is 17.3 Å². The Morgan fingerprint density at radius 1 is 1.22 bits per heavy atom. The number of aryl methyl sites for hydroxylation is 1. The Morgan fingerprint density at radius 2 is 2.11 bits per heavy atom. The second-order valence-electron chi connectivity index (χ2n) is 3.71. The van der Waals surface area contributed by atoms with E-state index in [1.54, 1.807) is 0 Å². The van der Waals surface area contributed by atoms with E-state index in [0.29, 0.717) is 17.6 Å². The molecule has 0 aliphatic heterocycles. The molecule has 1 aromatic carbocycles. The van der Waals surface area contributed by atoms with E-state index in [9.17, 15) is 4.79 Å². The highest BCUT2D eigenvalue weighted by molar-refractivity contribution is 5.88. The van der Waals surface area contributed by atoms with Crippen molar-refractivity contribution < 1.29 is 4.79 Å². The molecule has 2 heterocycles. The van der Waals surface area contributed by atoms with Crippen molar-refractivity contribution in [3.8, 4) is 0 Å². The topological polar surface area (TPSA) is 91.4 Å². The molecule has 0 radical (unpaired) electrons. The van der Waals surface area contributed by atoms with Crippen LogP contribution in [0.4, 0.5) is 0 Å². The molecule has 18 heavy (non-hydrogen) atoms. The molecule has 0 fully saturated rings. The first kappa shape index (κ1) is 10.5. The van der Waals surface area contributed by atoms with Gasteiger partial charge < -0.3 is 0 Å². The predicted octanol–water partition coefficient (Wildman–Crippen LogP) is 0.148. The minimum atomic E-state index is -0.140. The number of hydrogen-bond donors (Lipinski definition) is 0. The van der Waals surface area contributed by atoms with Gasteiger partial charge in [0.25, 0.3) is 5.91 Å². The third-order valence-electron chi connectivity index (χ3n) is 2.53. The molecule has 0 atom stereocenters. The zero-order valence-electron chi connectivity index (χ0n) is 9.34. The third kappa shape index (κ3) is 1.83. The van der Waals surface area contributed by atoms with Crippen molar-refractivity contribution in [2.45, 2.75) is 13.0 Å². The average Bonchev–Trinajstić information content (AvgIpc) is 3.05. The molecule has 0 amide bonds. The highest BCUT2D eigenvalue weighted by Gasteiger charge is 2.11. The normalized spacial score (nSPS) is 10.9. The Kier molecular flexibility index (Phi) is 2.52. The minimum Gasteiger partial charge on any atom is -0.272 e. The van der Waals surface area contributed by atoms with Crippen LogP contribution in [0.15, 0.2) is 30.6 Å². The van der Waals surface area contributed by atoms with E-state index in [0.717, 1.165) is 0 Å². The van der Waals surface area contributed by atoms with E-state index < -0.39 is 0 Å². The van der Waals surface area contributed by atoms with E-state index >= 15 is 0 Å². The molecule has 3 rings (SSSR count). The maximum absolute atomic E-state index is 12.0. The lowest BCUT2D eigenvalue weighted by Gasteiger charge is -2.00. The van der Waals surface area contributed by atoms with Gasteiger partial charge in [-0.05, 0) is 22.6 Å². The number of para-hydroxylation sites is 1. The maximum atomic E-state index is 12.0. The van der Waals surface area contributed by atoms with Gasteiger partial charge in [-0.3, -0.25) is 4.79 Å². The van der Waals surface area contributed by atoms with Crippen molar-refractivity contribution in [1.29, 1.82) is 0 Å². The number of hydrogen-bond acceptors (Lipinski definition) is 6. The number of carbonyl (C=O) groups excluding carboxylic acids is 1. The Hall–Kier alpha value is -2.64. The first-order valence-corrected chi connectivity index (χ1v) is 5.39. The highest BCUT2D eigenvalue weighted by Crippen LogP contribution is 2.10. The summed E-state index contributed by atoms with van der Waals surface area (Å²) in [6.07, 6.45) is 1.73. The van der Waals surface area contributed by atoms with E-state index in [1.807, 2.05) is 24.3 Å². The Morgan fingerprint density at radius 3 is 2.94 bits per heavy atom. The first-order chi connectivity index (χ1) is 8.84. The summed E-state index contributed by atoms with van der Waals surface area (Å²) in [7, 11) is 0. The van der Waals surface area contributed by atoms with E-state index in [2.05, 4.69) is 25.8 Å². The molecule has 0 bridgehead atoms. The Labute approximate surface area is 101 Å². The Balaban J connectivity index is 1.80. The SMILES string of the molecule is O=C(CCn1cnnn1)n1nnc2ccccc21. The largest absolute Gasteiger partial charge is 0.272 e. The molecule has 8 nitrogen and oxygen atoms in total. The van der Waals surface area contributed by atoms with Crippen LogP contribution < -0.4 is 0 Å². The van der Waals surface area contributed by atoms with Gasteiger partial charge in [0.15, 0.2) is 0 Å². The molecule has 3 aromatic rings. The molecule has 0 aliphatic rings. The zero-order valence-corrected chi connectivity index (χ0v) is 9.34. The second kappa shape index (κ2) is 4.32. The lowest BCUT2D eigenvalue weighted by atomic mass is 10.3. The van der Waals surface area contributed by atoms with Gasteiger partial charge in [0.2, 0.25) is 0 Å². The summed E-state index contributed by atoms with van der Waals surface area (Å²) in [5.74, 6) is -0.140. The smallest absolute Gasteiger partial charge is 0.250 e. The minimum absolute atomic E-state index is 0.140. The number of tetrazole rings is 1. The van der Waals surface area contributed by atoms with Gasteiger partial charge >= 0.3 is 0 Å². The van der Waals surface area contributed by atoms with Crippen molar-refractivity contribution in [2.75, 3.05) is 0 Å². The number of carbonyl (C=O) groups is 1. The summed E-state index contributed by atoms with van der Waals surface area (Å²) in [5.41, 5.74) is 1.41. The van der Waals surface area contributed by atoms with Crippen molar-refractivity contribution >= 4 is 16.9 Å². The molecule has 0 saturated carbocycles. The molecular formula is C10H9N7O. The van der Waals surface area contributed by atoms with Gasteiger partial charge in [-0.2, -0.15) is 4.68 Å². The molecule has 90 valence electrons. The van der Waals surface area contributed by atoms with Gasteiger partial charge in [0, 0.05) is 6.42 Å². The summed E-state index contributed by atoms with van der Waals surface area (Å²) in [5, 5.41) is 18.5. The van der Waals surface area contributed by atoms with Crippen LogP contribution in [-0.4, -0.2) is 41.1 Å². The lowest BCUT2D eigenvalue weighted by molar-refractivity contribution is 0.0882. The number of benzene rings is 1. The molecule has 0 saturated heterocycles. The van der Waals surface area contributed by atoms with Crippen molar-refractivity contribution in [1.82, 2.24) is 35.2 Å². The summed E-state index contributed by atoms with van der Waals surface area (Å²) in [6, 6.07) is 7.32. The van der Waals surface area contributed by atoms with Crippen LogP contribution in [0.3, 0.4) is 0 Å². The molecule has 0 N–H and O–H groups in total. The molecule has 0 spiro atoms. The van der Waals surface area contributed by atoms with Crippen LogP contribution in [-0.2, 0) is 6.54 Å². The van der Waals surface area contributed by atoms with Gasteiger partial charge in [-0.25, -0.2) is 4.68 Å². The maximum Gasteiger partial charge on any atom is 0.250 e. The molecular weight excluding hydrogens is 234 g/mol. The average molecular weight is 243 g/mol. The highest BCUT2D eigenvalue weighted by atomic mass is 16.2. The van der Waals surface area contributed by atoms with Gasteiger partial charge in [0.05, 0.1) is 12.1 Å². The van der Waals surface area contributed by atoms with Crippen molar-refractivity contribution in [3.63, 3.8) is 0 Å². The van der Waals surface area contributed by atoms with Crippen LogP contribution in [0.25, 0.3) is 11.0 Å². The number of rotatable bonds is 3. The van der Waals surface area contributed by atoms with Crippen LogP contribution in [0.5, 0.6) is 0 Å². The fourth-order valence-electron chi connectivity index (χ4n) is 1.65. The lowest BCUT2D eigenvalue weighted by Crippen LogP contribution is -2.15. The van der Waals surface area contributed by atoms with Gasteiger partial charge in [-0.15, -0.1) is 10.2 Å². The number of nitrogens with zero attached hydrogens (tertiary/aromatic N) is 7. The fourth-order valence-corrected chi connectivity index (χ4v) is 1.65. The van der Waals surface area contributed by atoms with Crippen LogP contribution in [0.1, 0.15) is 11.2 Å². The summed E-state index contributed by atoms with van der Waals surface area (Å²) in [6.45, 7) is 0.417. The van der Waals surface area contributed by atoms with E-state index in [1.165, 1.54) is 15.7 Å². The summed E-state index contributed by atoms with van der Waals surface area (Å²) in [4.78, 5) is 12.0. The predicted molar refractivity (Wildman–Crippen MR) is 60.6 cm³/mol. The fraction of sp³-hybridized carbons (Fsp3) is 0.200. The third-order valence-corrected chi connectivity index (χ3v) is 2.53. The quantitative estimate of drug-likeness (QED) is 0.650. The number of aromatic nitrogens is 7. The second-order valence-corrected chi connectivity index (χ2v) is 3.71. The van der Waals surface area contributed by atoms with Crippen molar-refractivity contribution in [2.24, 2.45) is 0 Å². The molecule has 0 unspecified atom stereocenters. The monoisotopic (exact) mass is 243 g/mol. The van der Waals surface area contributed by atoms with Crippen LogP contribution in [0.2, 0.25) is 0 Å². The summed E-state index contributed by atoms with van der Waals surface area (Å²) >= 11 is 0. The number of fused-ring (bicyclic) bond motifs is 1. The van der Waals surface area contributed by atoms with Crippen LogP contribution >= 0.6 is 0 Å². The standard InChI is InChI=1S/C10H9N7O/c18-10(5-6-16-7-11-13-15-16)17-9-4-2-1-3-8(9)12-14-17/h1-4,7H,5-6H2. The van der Waals surface area contributed by atoms with Crippen molar-refractivity contribution in [3.05, 3.63) is 30.6 Å². The van der Waals surface area contributed by atoms with Crippen LogP contribution in [0, 0.1) is 0 Å². The molecule has 2 aromatic heterocycles. The molecule has 0 aliphatic carbocycles. The van der Waals surface area contributed by atoms with E-state index in [-0.39, 0.29) is 12.3 Å². The molecule has 8 heteroatoms. The Bertz CT molecular complexity index is 672. The van der Waals surface area contributed by atoms with E-state index in [4.69, 9.17) is 0 Å².